The van der Waals surface area contributed by atoms with Gasteiger partial charge in [0.2, 0.25) is 0 Å². The Bertz CT molecular complexity index is 999. The third kappa shape index (κ3) is 4.05. The van der Waals surface area contributed by atoms with Crippen molar-refractivity contribution in [3.05, 3.63) is 30.0 Å². The third-order valence-electron chi connectivity index (χ3n) is 5.64. The van der Waals surface area contributed by atoms with Crippen LogP contribution in [-0.4, -0.2) is 66.9 Å². The molecule has 0 aliphatic carbocycles. The van der Waals surface area contributed by atoms with E-state index in [9.17, 15) is 14.4 Å². The molecule has 31 heavy (non-hydrogen) atoms. The van der Waals surface area contributed by atoms with Gasteiger partial charge in [-0.2, -0.15) is 0 Å². The van der Waals surface area contributed by atoms with Gasteiger partial charge in [0.25, 0.3) is 5.91 Å². The molecule has 0 unspecified atom stereocenters. The van der Waals surface area contributed by atoms with Crippen molar-refractivity contribution in [1.82, 2.24) is 15.2 Å². The normalized spacial score (nSPS) is 17.6. The lowest BCUT2D eigenvalue weighted by atomic mass is 9.87. The van der Waals surface area contributed by atoms with Crippen LogP contribution in [-0.2, 0) is 4.79 Å². The molecule has 3 heterocycles. The number of hydrogen-bond donors (Lipinski definition) is 2. The lowest BCUT2D eigenvalue weighted by Crippen LogP contribution is -2.55. The number of aldehydes is 1. The quantitative estimate of drug-likeness (QED) is 0.565. The minimum absolute atomic E-state index is 0.0601. The van der Waals surface area contributed by atoms with E-state index in [0.29, 0.717) is 37.2 Å². The molecule has 1 spiro atoms. The molecule has 0 radical (unpaired) electrons. The Morgan fingerprint density at radius 2 is 1.90 bits per heavy atom. The fourth-order valence-electron chi connectivity index (χ4n) is 4.10. The number of nitrogens with zero attached hydrogens (tertiary/aromatic N) is 3. The maximum atomic E-state index is 12.5. The van der Waals surface area contributed by atoms with Crippen LogP contribution in [0.15, 0.2) is 24.4 Å². The lowest BCUT2D eigenvalue weighted by molar-refractivity contribution is -0.131. The number of aromatic nitrogens is 1. The first kappa shape index (κ1) is 22.5. The van der Waals surface area contributed by atoms with Gasteiger partial charge in [-0.25, -0.2) is 9.78 Å². The van der Waals surface area contributed by atoms with Gasteiger partial charge >= 0.3 is 6.03 Å². The topological polar surface area (TPSA) is 118 Å². The van der Waals surface area contributed by atoms with Crippen LogP contribution in [0.25, 0.3) is 10.8 Å². The third-order valence-corrected chi connectivity index (χ3v) is 5.64. The molecule has 2 aliphatic rings. The van der Waals surface area contributed by atoms with E-state index in [0.717, 1.165) is 27.8 Å². The summed E-state index contributed by atoms with van der Waals surface area (Å²) in [6, 6.07) is 5.20. The van der Waals surface area contributed by atoms with Crippen LogP contribution in [0.1, 0.15) is 37.0 Å². The average molecular weight is 428 g/mol. The predicted octanol–water partition coefficient (Wildman–Crippen LogP) is 1.93. The highest BCUT2D eigenvalue weighted by molar-refractivity contribution is 6.07. The number of amides is 3. The molecule has 2 aromatic rings. The lowest BCUT2D eigenvalue weighted by Gasteiger charge is -2.38. The van der Waals surface area contributed by atoms with E-state index in [2.05, 4.69) is 20.9 Å². The molecule has 0 saturated carbocycles. The number of carbonyl (C=O) groups is 3. The summed E-state index contributed by atoms with van der Waals surface area (Å²) in [7, 11) is 3.01. The van der Waals surface area contributed by atoms with Crippen LogP contribution in [0.3, 0.4) is 0 Å². The summed E-state index contributed by atoms with van der Waals surface area (Å²) in [5.41, 5.74) is 4.19. The highest BCUT2D eigenvalue weighted by atomic mass is 16.5. The average Bonchev–Trinajstić information content (AvgIpc) is 2.98. The van der Waals surface area contributed by atoms with Gasteiger partial charge in [-0.3, -0.25) is 14.5 Å². The van der Waals surface area contributed by atoms with Gasteiger partial charge in [0, 0.05) is 31.7 Å². The fourth-order valence-corrected chi connectivity index (χ4v) is 4.10. The van der Waals surface area contributed by atoms with E-state index >= 15 is 0 Å². The summed E-state index contributed by atoms with van der Waals surface area (Å²) < 4.78 is 5.83. The Morgan fingerprint density at radius 1 is 1.23 bits per heavy atom. The van der Waals surface area contributed by atoms with Crippen LogP contribution in [0.5, 0.6) is 5.75 Å². The van der Waals surface area contributed by atoms with E-state index < -0.39 is 5.54 Å². The van der Waals surface area contributed by atoms with Gasteiger partial charge in [-0.15, -0.1) is 0 Å². The first-order valence-corrected chi connectivity index (χ1v) is 10.3. The van der Waals surface area contributed by atoms with Crippen molar-refractivity contribution in [2.75, 3.05) is 32.1 Å². The van der Waals surface area contributed by atoms with Crippen molar-refractivity contribution in [3.63, 3.8) is 0 Å². The molecule has 166 valence electrons. The summed E-state index contributed by atoms with van der Waals surface area (Å²) in [4.78, 5) is 43.8. The number of benzene rings is 1. The molecule has 2 saturated heterocycles. The zero-order valence-electron chi connectivity index (χ0n) is 18.3. The van der Waals surface area contributed by atoms with Gasteiger partial charge in [-0.05, 0) is 57.3 Å². The number of piperidine rings is 1. The van der Waals surface area contributed by atoms with Crippen LogP contribution in [0.2, 0.25) is 0 Å². The van der Waals surface area contributed by atoms with E-state index in [1.54, 1.807) is 6.20 Å². The summed E-state index contributed by atoms with van der Waals surface area (Å²) in [5.74, 6) is 1.15. The number of anilines is 1. The van der Waals surface area contributed by atoms with Crippen molar-refractivity contribution >= 4 is 34.8 Å². The van der Waals surface area contributed by atoms with Crippen molar-refractivity contribution < 1.29 is 19.1 Å². The summed E-state index contributed by atoms with van der Waals surface area (Å²) in [5, 5.41) is 4.65. The van der Waals surface area contributed by atoms with Crippen LogP contribution < -0.4 is 20.7 Å². The highest BCUT2D eigenvalue weighted by Crippen LogP contribution is 2.35. The van der Waals surface area contributed by atoms with Crippen molar-refractivity contribution in [2.24, 2.45) is 5.73 Å². The minimum Gasteiger partial charge on any atom is -0.490 e. The zero-order valence-corrected chi connectivity index (χ0v) is 18.3. The number of ether oxygens (including phenoxy) is 1. The molecule has 0 bridgehead atoms. The van der Waals surface area contributed by atoms with Crippen molar-refractivity contribution in [1.29, 1.82) is 0 Å². The van der Waals surface area contributed by atoms with Crippen LogP contribution >= 0.6 is 0 Å². The van der Waals surface area contributed by atoms with E-state index in [1.807, 2.05) is 32.0 Å². The van der Waals surface area contributed by atoms with E-state index in [-0.39, 0.29) is 18.0 Å². The fraction of sp³-hybridized carbons (Fsp3) is 0.455. The second-order valence-corrected chi connectivity index (χ2v) is 7.89. The number of rotatable bonds is 4. The molecule has 9 heteroatoms. The Labute approximate surface area is 181 Å². The molecule has 2 fully saturated rings. The molecule has 3 N–H and O–H groups in total. The van der Waals surface area contributed by atoms with Crippen LogP contribution in [0, 0.1) is 0 Å². The van der Waals surface area contributed by atoms with Crippen molar-refractivity contribution in [3.8, 4) is 5.75 Å². The number of hydrogen-bond acceptors (Lipinski definition) is 7. The molecule has 1 aromatic heterocycles. The van der Waals surface area contributed by atoms with Gasteiger partial charge in [0.05, 0.1) is 11.7 Å². The monoisotopic (exact) mass is 427 g/mol. The van der Waals surface area contributed by atoms with Gasteiger partial charge < -0.3 is 20.7 Å². The Kier molecular flexibility index (Phi) is 6.45. The highest BCUT2D eigenvalue weighted by Gasteiger charge is 2.51. The largest absolute Gasteiger partial charge is 0.490 e. The number of urea groups is 1. The molecule has 0 atom stereocenters. The zero-order chi connectivity index (χ0) is 22.8. The Hall–Kier alpha value is -3.20. The Morgan fingerprint density at radius 3 is 2.45 bits per heavy atom. The number of nitrogens with one attached hydrogen (secondary N) is 1. The summed E-state index contributed by atoms with van der Waals surface area (Å²) in [6.45, 7) is 5.00. The van der Waals surface area contributed by atoms with Gasteiger partial charge in [0.15, 0.2) is 6.29 Å². The smallest absolute Gasteiger partial charge is 0.324 e. The molecule has 9 nitrogen and oxygen atoms in total. The Balaban J connectivity index is 0.00000132. The number of imide groups is 1. The second-order valence-electron chi connectivity index (χ2n) is 7.89. The summed E-state index contributed by atoms with van der Waals surface area (Å²) >= 11 is 0. The predicted molar refractivity (Wildman–Crippen MR) is 118 cm³/mol. The van der Waals surface area contributed by atoms with Crippen LogP contribution in [0.4, 0.5) is 10.6 Å². The number of fused-ring (bicyclic) bond motifs is 1. The number of likely N-dealkylation sites (N-methyl/N-ethyl adjacent to an activating group) is 1. The van der Waals surface area contributed by atoms with Gasteiger partial charge in [0.1, 0.15) is 17.1 Å². The van der Waals surface area contributed by atoms with Crippen molar-refractivity contribution in [2.45, 2.75) is 38.3 Å². The number of pyridine rings is 1. The SMILES string of the molecule is CC(C)Oc1cc2c(N3CCC4(CC3)NC(=O)N(C)C4=O)nccc2cc1C=O.CN. The number of nitrogens with two attached hydrogens (primary N) is 1. The minimum atomic E-state index is -0.816. The second kappa shape index (κ2) is 8.89. The maximum absolute atomic E-state index is 12.5. The molecular weight excluding hydrogens is 398 g/mol. The van der Waals surface area contributed by atoms with E-state index in [4.69, 9.17) is 4.74 Å². The number of carbonyl (C=O) groups excluding carboxylic acids is 3. The van der Waals surface area contributed by atoms with E-state index in [1.165, 1.54) is 14.1 Å². The summed E-state index contributed by atoms with van der Waals surface area (Å²) in [6.07, 6.45) is 3.49. The molecule has 3 amide bonds. The first-order chi connectivity index (χ1) is 14.8. The standard InChI is InChI=1S/C21H24N4O4.CH5N/c1-13(2)29-17-11-16-14(10-15(17)12-26)4-7-22-18(16)25-8-5-21(6-9-25)19(27)24(3)20(28)23-21;1-2/h4,7,10-13H,5-6,8-9H2,1-3H3,(H,23,28);2H2,1H3. The molecule has 1 aromatic carbocycles. The van der Waals surface area contributed by atoms with Gasteiger partial charge in [-0.1, -0.05) is 0 Å². The molecule has 2 aliphatic heterocycles. The molecular formula is C22H29N5O4. The molecule has 4 rings (SSSR count). The first-order valence-electron chi connectivity index (χ1n) is 10.3. The maximum Gasteiger partial charge on any atom is 0.324 e.